The molecule has 0 atom stereocenters. The van der Waals surface area contributed by atoms with Crippen molar-refractivity contribution in [3.05, 3.63) is 41.2 Å². The van der Waals surface area contributed by atoms with Crippen LogP contribution in [-0.4, -0.2) is 31.2 Å². The van der Waals surface area contributed by atoms with Gasteiger partial charge in [-0.25, -0.2) is 4.68 Å². The lowest BCUT2D eigenvalue weighted by atomic mass is 10.1. The van der Waals surface area contributed by atoms with Gasteiger partial charge in [-0.05, 0) is 24.6 Å². The van der Waals surface area contributed by atoms with Crippen LogP contribution in [0.25, 0.3) is 5.69 Å². The topological polar surface area (TPSA) is 88.2 Å². The van der Waals surface area contributed by atoms with Gasteiger partial charge in [-0.2, -0.15) is 0 Å². The number of nitrogens with zero attached hydrogens (tertiary/aromatic N) is 3. The fourth-order valence-corrected chi connectivity index (χ4v) is 1.68. The van der Waals surface area contributed by atoms with Crippen LogP contribution in [0, 0.1) is 6.92 Å². The maximum absolute atomic E-state index is 10.6. The number of rotatable bonds is 4. The minimum atomic E-state index is -0.859. The lowest BCUT2D eigenvalue weighted by Crippen LogP contribution is -2.02. The van der Waals surface area contributed by atoms with Crippen LogP contribution in [0.15, 0.2) is 24.3 Å². The fourth-order valence-electron chi connectivity index (χ4n) is 1.68. The number of aliphatic carboxylic acids is 1. The Bertz CT molecular complexity index is 560. The SMILES string of the molecule is Cc1c(CO)nnn1-c1ccc(CC(=O)O)cc1. The standard InChI is InChI=1S/C12H13N3O3/c1-8-11(7-16)13-14-15(8)10-4-2-9(3-5-10)6-12(17)18/h2-5,16H,6-7H2,1H3,(H,17,18). The third-order valence-corrected chi connectivity index (χ3v) is 2.68. The van der Waals surface area contributed by atoms with Gasteiger partial charge < -0.3 is 10.2 Å². The Morgan fingerprint density at radius 2 is 2.00 bits per heavy atom. The van der Waals surface area contributed by atoms with Gasteiger partial charge >= 0.3 is 5.97 Å². The van der Waals surface area contributed by atoms with Gasteiger partial charge in [-0.1, -0.05) is 17.3 Å². The number of hydrogen-bond donors (Lipinski definition) is 2. The van der Waals surface area contributed by atoms with E-state index in [0.717, 1.165) is 16.9 Å². The Balaban J connectivity index is 2.28. The van der Waals surface area contributed by atoms with Crippen molar-refractivity contribution in [3.8, 4) is 5.69 Å². The molecule has 1 aromatic heterocycles. The van der Waals surface area contributed by atoms with E-state index < -0.39 is 5.97 Å². The highest BCUT2D eigenvalue weighted by Gasteiger charge is 2.09. The molecule has 0 fully saturated rings. The average molecular weight is 247 g/mol. The number of hydrogen-bond acceptors (Lipinski definition) is 4. The van der Waals surface area contributed by atoms with Crippen molar-refractivity contribution in [2.24, 2.45) is 0 Å². The summed E-state index contributed by atoms with van der Waals surface area (Å²) in [6.07, 6.45) is -0.00148. The molecular weight excluding hydrogens is 234 g/mol. The molecule has 0 amide bonds. The number of benzene rings is 1. The maximum Gasteiger partial charge on any atom is 0.307 e. The van der Waals surface area contributed by atoms with E-state index in [2.05, 4.69) is 10.3 Å². The highest BCUT2D eigenvalue weighted by atomic mass is 16.4. The molecule has 0 bridgehead atoms. The van der Waals surface area contributed by atoms with Gasteiger partial charge in [0.1, 0.15) is 5.69 Å². The average Bonchev–Trinajstić information content (AvgIpc) is 2.71. The molecule has 0 saturated heterocycles. The first-order valence-electron chi connectivity index (χ1n) is 5.45. The monoisotopic (exact) mass is 247 g/mol. The zero-order chi connectivity index (χ0) is 13.1. The molecule has 6 heteroatoms. The molecule has 0 saturated carbocycles. The van der Waals surface area contributed by atoms with Crippen molar-refractivity contribution in [1.82, 2.24) is 15.0 Å². The summed E-state index contributed by atoms with van der Waals surface area (Å²) in [7, 11) is 0. The number of aliphatic hydroxyl groups excluding tert-OH is 1. The van der Waals surface area contributed by atoms with Crippen LogP contribution in [-0.2, 0) is 17.8 Å². The number of aromatic nitrogens is 3. The van der Waals surface area contributed by atoms with Gasteiger partial charge in [-0.3, -0.25) is 4.79 Å². The molecule has 1 heterocycles. The summed E-state index contributed by atoms with van der Waals surface area (Å²) in [5.41, 5.74) is 2.81. The second kappa shape index (κ2) is 4.97. The molecule has 1 aromatic carbocycles. The van der Waals surface area contributed by atoms with E-state index in [1.54, 1.807) is 28.9 Å². The van der Waals surface area contributed by atoms with E-state index in [0.29, 0.717) is 5.69 Å². The Labute approximate surface area is 103 Å². The predicted octanol–water partition coefficient (Wildman–Crippen LogP) is 0.695. The van der Waals surface area contributed by atoms with Crippen LogP contribution in [0.2, 0.25) is 0 Å². The van der Waals surface area contributed by atoms with Gasteiger partial charge in [0.2, 0.25) is 0 Å². The highest BCUT2D eigenvalue weighted by molar-refractivity contribution is 5.70. The molecule has 0 aliphatic carbocycles. The Hall–Kier alpha value is -2.21. The van der Waals surface area contributed by atoms with E-state index in [1.165, 1.54) is 0 Å². The van der Waals surface area contributed by atoms with Crippen LogP contribution in [0.3, 0.4) is 0 Å². The van der Waals surface area contributed by atoms with Crippen LogP contribution >= 0.6 is 0 Å². The van der Waals surface area contributed by atoms with Crippen molar-refractivity contribution in [3.63, 3.8) is 0 Å². The molecule has 6 nitrogen and oxygen atoms in total. The Morgan fingerprint density at radius 3 is 2.50 bits per heavy atom. The third kappa shape index (κ3) is 2.38. The lowest BCUT2D eigenvalue weighted by Gasteiger charge is -2.04. The molecule has 0 aliphatic heterocycles. The van der Waals surface area contributed by atoms with Crippen LogP contribution in [0.1, 0.15) is 17.0 Å². The molecule has 94 valence electrons. The first-order valence-corrected chi connectivity index (χ1v) is 5.45. The zero-order valence-electron chi connectivity index (χ0n) is 9.87. The molecule has 0 unspecified atom stereocenters. The predicted molar refractivity (Wildman–Crippen MR) is 63.4 cm³/mol. The van der Waals surface area contributed by atoms with E-state index in [9.17, 15) is 4.79 Å². The first kappa shape index (κ1) is 12.3. The second-order valence-electron chi connectivity index (χ2n) is 3.93. The maximum atomic E-state index is 10.6. The van der Waals surface area contributed by atoms with E-state index in [4.69, 9.17) is 10.2 Å². The highest BCUT2D eigenvalue weighted by Crippen LogP contribution is 2.13. The minimum absolute atomic E-state index is 0.00148. The van der Waals surface area contributed by atoms with Crippen LogP contribution in [0.5, 0.6) is 0 Å². The van der Waals surface area contributed by atoms with Crippen molar-refractivity contribution in [2.45, 2.75) is 20.0 Å². The fraction of sp³-hybridized carbons (Fsp3) is 0.250. The van der Waals surface area contributed by atoms with Gasteiger partial charge in [0, 0.05) is 0 Å². The summed E-state index contributed by atoms with van der Waals surface area (Å²) < 4.78 is 1.61. The van der Waals surface area contributed by atoms with Crippen LogP contribution < -0.4 is 0 Å². The molecular formula is C12H13N3O3. The molecule has 2 aromatic rings. The Kier molecular flexibility index (Phi) is 3.38. The van der Waals surface area contributed by atoms with Crippen molar-refractivity contribution < 1.29 is 15.0 Å². The molecule has 0 spiro atoms. The molecule has 2 N–H and O–H groups in total. The van der Waals surface area contributed by atoms with Gasteiger partial charge in [0.25, 0.3) is 0 Å². The zero-order valence-corrected chi connectivity index (χ0v) is 9.87. The van der Waals surface area contributed by atoms with Gasteiger partial charge in [0.15, 0.2) is 0 Å². The molecule has 0 radical (unpaired) electrons. The largest absolute Gasteiger partial charge is 0.481 e. The molecule has 0 aliphatic rings. The van der Waals surface area contributed by atoms with Crippen molar-refractivity contribution in [1.29, 1.82) is 0 Å². The first-order chi connectivity index (χ1) is 8.61. The van der Waals surface area contributed by atoms with Gasteiger partial charge in [-0.15, -0.1) is 5.10 Å². The normalized spacial score (nSPS) is 10.6. The quantitative estimate of drug-likeness (QED) is 0.830. The summed E-state index contributed by atoms with van der Waals surface area (Å²) in [5.74, 6) is -0.859. The minimum Gasteiger partial charge on any atom is -0.481 e. The number of aliphatic hydroxyl groups is 1. The van der Waals surface area contributed by atoms with E-state index >= 15 is 0 Å². The van der Waals surface area contributed by atoms with Gasteiger partial charge in [0.05, 0.1) is 24.4 Å². The summed E-state index contributed by atoms with van der Waals surface area (Å²) in [6, 6.07) is 7.04. The number of carboxylic acid groups (broad SMARTS) is 1. The second-order valence-corrected chi connectivity index (χ2v) is 3.93. The summed E-state index contributed by atoms with van der Waals surface area (Å²) in [5, 5.41) is 25.5. The van der Waals surface area contributed by atoms with Crippen molar-refractivity contribution in [2.75, 3.05) is 0 Å². The summed E-state index contributed by atoms with van der Waals surface area (Å²) in [6.45, 7) is 1.67. The Morgan fingerprint density at radius 1 is 1.33 bits per heavy atom. The van der Waals surface area contributed by atoms with E-state index in [-0.39, 0.29) is 13.0 Å². The van der Waals surface area contributed by atoms with E-state index in [1.807, 2.05) is 6.92 Å². The van der Waals surface area contributed by atoms with Crippen LogP contribution in [0.4, 0.5) is 0 Å². The lowest BCUT2D eigenvalue weighted by molar-refractivity contribution is -0.136. The summed E-state index contributed by atoms with van der Waals surface area (Å²) in [4.78, 5) is 10.6. The number of carbonyl (C=O) groups is 1. The van der Waals surface area contributed by atoms with Crippen molar-refractivity contribution >= 4 is 5.97 Å². The smallest absolute Gasteiger partial charge is 0.307 e. The third-order valence-electron chi connectivity index (χ3n) is 2.68. The molecule has 2 rings (SSSR count). The number of carboxylic acids is 1. The molecule has 18 heavy (non-hydrogen) atoms. The summed E-state index contributed by atoms with van der Waals surface area (Å²) >= 11 is 0.